The Morgan fingerprint density at radius 2 is 2.00 bits per heavy atom. The van der Waals surface area contributed by atoms with Gasteiger partial charge in [0.2, 0.25) is 0 Å². The van der Waals surface area contributed by atoms with Crippen LogP contribution in [0.5, 0.6) is 5.75 Å². The van der Waals surface area contributed by atoms with Crippen LogP contribution in [0, 0.1) is 5.92 Å². The van der Waals surface area contributed by atoms with Gasteiger partial charge in [0.1, 0.15) is 5.75 Å². The van der Waals surface area contributed by atoms with Crippen LogP contribution in [-0.4, -0.2) is 29.3 Å². The SMILES string of the molecule is O=C1COc2ccc(CN[C@H]3CC[C@H](C(=O)c4nc5ccccc5s4)CC3)cc2N1. The molecule has 1 aliphatic heterocycles. The van der Waals surface area contributed by atoms with E-state index in [-0.39, 0.29) is 24.2 Å². The van der Waals surface area contributed by atoms with Gasteiger partial charge in [-0.3, -0.25) is 9.59 Å². The molecule has 3 aromatic rings. The van der Waals surface area contributed by atoms with Crippen LogP contribution in [-0.2, 0) is 11.3 Å². The molecule has 1 saturated carbocycles. The molecule has 0 radical (unpaired) electrons. The van der Waals surface area contributed by atoms with Crippen molar-refractivity contribution in [2.24, 2.45) is 5.92 Å². The third-order valence-corrected chi connectivity index (χ3v) is 6.93. The quantitative estimate of drug-likeness (QED) is 0.605. The fraction of sp³-hybridized carbons (Fsp3) is 0.348. The number of nitrogens with one attached hydrogen (secondary N) is 2. The number of ketones is 1. The van der Waals surface area contributed by atoms with Crippen molar-refractivity contribution in [2.75, 3.05) is 11.9 Å². The Kier molecular flexibility index (Phi) is 5.23. The maximum absolute atomic E-state index is 12.9. The van der Waals surface area contributed by atoms with Crippen LogP contribution in [0.2, 0.25) is 0 Å². The average Bonchev–Trinajstić information content (AvgIpc) is 3.21. The number of Topliss-reactive ketones (excluding diaryl/α,β-unsaturated/α-hetero) is 1. The Morgan fingerprint density at radius 1 is 1.17 bits per heavy atom. The zero-order valence-electron chi connectivity index (χ0n) is 16.5. The first-order valence-electron chi connectivity index (χ1n) is 10.3. The van der Waals surface area contributed by atoms with Gasteiger partial charge in [0.25, 0.3) is 5.91 Å². The Balaban J connectivity index is 1.15. The van der Waals surface area contributed by atoms with Gasteiger partial charge >= 0.3 is 0 Å². The topological polar surface area (TPSA) is 80.3 Å². The summed E-state index contributed by atoms with van der Waals surface area (Å²) in [7, 11) is 0. The van der Waals surface area contributed by atoms with Gasteiger partial charge in [-0.15, -0.1) is 11.3 Å². The van der Waals surface area contributed by atoms with Gasteiger partial charge < -0.3 is 15.4 Å². The smallest absolute Gasteiger partial charge is 0.262 e. The molecule has 5 rings (SSSR count). The summed E-state index contributed by atoms with van der Waals surface area (Å²) >= 11 is 1.50. The molecule has 6 nitrogen and oxygen atoms in total. The molecule has 30 heavy (non-hydrogen) atoms. The van der Waals surface area contributed by atoms with E-state index in [1.165, 1.54) is 11.3 Å². The Bertz CT molecular complexity index is 1070. The third-order valence-electron chi connectivity index (χ3n) is 5.87. The molecule has 0 spiro atoms. The van der Waals surface area contributed by atoms with Crippen LogP contribution in [0.4, 0.5) is 5.69 Å². The lowest BCUT2D eigenvalue weighted by atomic mass is 9.83. The maximum Gasteiger partial charge on any atom is 0.262 e. The van der Waals surface area contributed by atoms with Crippen molar-refractivity contribution < 1.29 is 14.3 Å². The van der Waals surface area contributed by atoms with E-state index in [2.05, 4.69) is 15.6 Å². The molecule has 2 aromatic carbocycles. The number of hydrogen-bond acceptors (Lipinski definition) is 6. The number of aromatic nitrogens is 1. The molecular formula is C23H23N3O3S. The Morgan fingerprint density at radius 3 is 2.83 bits per heavy atom. The zero-order valence-corrected chi connectivity index (χ0v) is 17.3. The lowest BCUT2D eigenvalue weighted by Crippen LogP contribution is -2.34. The number of benzene rings is 2. The van der Waals surface area contributed by atoms with Crippen molar-refractivity contribution in [3.8, 4) is 5.75 Å². The number of amides is 1. The molecule has 2 aliphatic rings. The molecule has 1 aliphatic carbocycles. The predicted octanol–water partition coefficient (Wildman–Crippen LogP) is 4.16. The lowest BCUT2D eigenvalue weighted by Gasteiger charge is -2.28. The number of ether oxygens (including phenoxy) is 1. The highest BCUT2D eigenvalue weighted by Gasteiger charge is 2.28. The van der Waals surface area contributed by atoms with Crippen LogP contribution >= 0.6 is 11.3 Å². The highest BCUT2D eigenvalue weighted by Crippen LogP contribution is 2.31. The van der Waals surface area contributed by atoms with Crippen molar-refractivity contribution in [1.82, 2.24) is 10.3 Å². The monoisotopic (exact) mass is 421 g/mol. The fourth-order valence-corrected chi connectivity index (χ4v) is 5.20. The van der Waals surface area contributed by atoms with E-state index in [1.807, 2.05) is 42.5 Å². The van der Waals surface area contributed by atoms with Crippen molar-refractivity contribution in [2.45, 2.75) is 38.3 Å². The first-order chi connectivity index (χ1) is 14.7. The number of thiazole rings is 1. The minimum atomic E-state index is -0.122. The van der Waals surface area contributed by atoms with Crippen molar-refractivity contribution in [3.63, 3.8) is 0 Å². The molecule has 0 unspecified atom stereocenters. The van der Waals surface area contributed by atoms with Gasteiger partial charge in [-0.2, -0.15) is 0 Å². The van der Waals surface area contributed by atoms with Crippen LogP contribution < -0.4 is 15.4 Å². The minimum absolute atomic E-state index is 0.0692. The van der Waals surface area contributed by atoms with E-state index in [0.29, 0.717) is 16.8 Å². The highest BCUT2D eigenvalue weighted by molar-refractivity contribution is 7.20. The summed E-state index contributed by atoms with van der Waals surface area (Å²) in [5.74, 6) is 0.857. The molecule has 1 amide bonds. The summed E-state index contributed by atoms with van der Waals surface area (Å²) in [6.45, 7) is 0.799. The Hall–Kier alpha value is -2.77. The first-order valence-corrected chi connectivity index (χ1v) is 11.2. The van der Waals surface area contributed by atoms with E-state index < -0.39 is 0 Å². The van der Waals surface area contributed by atoms with E-state index in [4.69, 9.17) is 4.74 Å². The Labute approximate surface area is 178 Å². The second kappa shape index (κ2) is 8.16. The first kappa shape index (κ1) is 19.2. The molecule has 1 aromatic heterocycles. The summed E-state index contributed by atoms with van der Waals surface area (Å²) < 4.78 is 6.48. The second-order valence-corrected chi connectivity index (χ2v) is 8.98. The number of carbonyl (C=O) groups is 2. The number of para-hydroxylation sites is 1. The van der Waals surface area contributed by atoms with Crippen LogP contribution in [0.1, 0.15) is 41.0 Å². The summed E-state index contributed by atoms with van der Waals surface area (Å²) in [6, 6.07) is 14.2. The summed E-state index contributed by atoms with van der Waals surface area (Å²) in [5, 5.41) is 7.09. The van der Waals surface area contributed by atoms with E-state index in [9.17, 15) is 9.59 Å². The normalized spacial score (nSPS) is 21.0. The number of hydrogen-bond donors (Lipinski definition) is 2. The molecule has 154 valence electrons. The average molecular weight is 422 g/mol. The number of anilines is 1. The highest BCUT2D eigenvalue weighted by atomic mass is 32.1. The zero-order chi connectivity index (χ0) is 20.5. The van der Waals surface area contributed by atoms with Crippen LogP contribution in [0.25, 0.3) is 10.2 Å². The summed E-state index contributed by atoms with van der Waals surface area (Å²) in [5.41, 5.74) is 2.75. The van der Waals surface area contributed by atoms with Gasteiger partial charge in [-0.05, 0) is 55.5 Å². The maximum atomic E-state index is 12.9. The van der Waals surface area contributed by atoms with Crippen molar-refractivity contribution >= 4 is 38.9 Å². The van der Waals surface area contributed by atoms with Crippen LogP contribution in [0.3, 0.4) is 0 Å². The lowest BCUT2D eigenvalue weighted by molar-refractivity contribution is -0.118. The molecule has 1 fully saturated rings. The minimum Gasteiger partial charge on any atom is -0.482 e. The molecule has 0 atom stereocenters. The number of nitrogens with zero attached hydrogens (tertiary/aromatic N) is 1. The largest absolute Gasteiger partial charge is 0.482 e. The van der Waals surface area contributed by atoms with Gasteiger partial charge in [0.15, 0.2) is 17.4 Å². The fourth-order valence-electron chi connectivity index (χ4n) is 4.21. The second-order valence-electron chi connectivity index (χ2n) is 7.95. The summed E-state index contributed by atoms with van der Waals surface area (Å²) in [6.07, 6.45) is 3.74. The number of rotatable bonds is 5. The third kappa shape index (κ3) is 3.95. The van der Waals surface area contributed by atoms with Gasteiger partial charge in [0.05, 0.1) is 15.9 Å². The van der Waals surface area contributed by atoms with Gasteiger partial charge in [-0.25, -0.2) is 4.98 Å². The van der Waals surface area contributed by atoms with E-state index >= 15 is 0 Å². The van der Waals surface area contributed by atoms with Crippen LogP contribution in [0.15, 0.2) is 42.5 Å². The van der Waals surface area contributed by atoms with E-state index in [1.54, 1.807) is 0 Å². The van der Waals surface area contributed by atoms with Crippen molar-refractivity contribution in [3.05, 3.63) is 53.0 Å². The molecule has 7 heteroatoms. The number of carbonyl (C=O) groups excluding carboxylic acids is 2. The standard InChI is InChI=1S/C23H23N3O3S/c27-21-13-29-19-10-5-14(11-18(19)25-21)12-24-16-8-6-15(7-9-16)22(28)23-26-17-3-1-2-4-20(17)30-23/h1-5,10-11,15-16,24H,6-9,12-13H2,(H,25,27)/t15-,16-. The predicted molar refractivity (Wildman–Crippen MR) is 117 cm³/mol. The summed E-state index contributed by atoms with van der Waals surface area (Å²) in [4.78, 5) is 28.9. The van der Waals surface area contributed by atoms with E-state index in [0.717, 1.165) is 53.7 Å². The molecule has 2 N–H and O–H groups in total. The van der Waals surface area contributed by atoms with Gasteiger partial charge in [0, 0.05) is 18.5 Å². The molecular weight excluding hydrogens is 398 g/mol. The molecule has 0 bridgehead atoms. The van der Waals surface area contributed by atoms with Crippen molar-refractivity contribution in [1.29, 1.82) is 0 Å². The molecule has 2 heterocycles. The number of fused-ring (bicyclic) bond motifs is 2. The molecule has 0 saturated heterocycles. The van der Waals surface area contributed by atoms with Gasteiger partial charge in [-0.1, -0.05) is 18.2 Å².